The van der Waals surface area contributed by atoms with E-state index < -0.39 is 0 Å². The quantitative estimate of drug-likeness (QED) is 0.596. The van der Waals surface area contributed by atoms with Crippen molar-refractivity contribution in [3.63, 3.8) is 0 Å². The lowest BCUT2D eigenvalue weighted by atomic mass is 10.1. The lowest BCUT2D eigenvalue weighted by Crippen LogP contribution is -1.90. The molecule has 0 atom stereocenters. The molecule has 0 aliphatic rings. The Morgan fingerprint density at radius 1 is 0.950 bits per heavy atom. The fourth-order valence-electron chi connectivity index (χ4n) is 2.54. The number of hydrogen-bond donors (Lipinski definition) is 1. The maximum Gasteiger partial charge on any atom is 0.111 e. The minimum absolute atomic E-state index is 0.805. The molecule has 0 bridgehead atoms. The third-order valence-corrected chi connectivity index (χ3v) is 3.52. The van der Waals surface area contributed by atoms with E-state index >= 15 is 0 Å². The molecule has 3 heteroatoms. The average molecular weight is 259 g/mol. The van der Waals surface area contributed by atoms with Crippen molar-refractivity contribution in [2.75, 3.05) is 0 Å². The van der Waals surface area contributed by atoms with Crippen LogP contribution in [0, 0.1) is 0 Å². The molecule has 0 amide bonds. The van der Waals surface area contributed by atoms with E-state index in [1.54, 1.807) is 6.20 Å². The van der Waals surface area contributed by atoms with Gasteiger partial charge in [0.1, 0.15) is 5.82 Å². The third kappa shape index (κ3) is 1.93. The van der Waals surface area contributed by atoms with Crippen molar-refractivity contribution in [1.29, 1.82) is 0 Å². The van der Waals surface area contributed by atoms with Gasteiger partial charge in [0.25, 0.3) is 0 Å². The number of rotatable bonds is 2. The van der Waals surface area contributed by atoms with E-state index in [9.17, 15) is 0 Å². The van der Waals surface area contributed by atoms with E-state index in [0.29, 0.717) is 0 Å². The molecule has 20 heavy (non-hydrogen) atoms. The van der Waals surface area contributed by atoms with Crippen LogP contribution in [0.4, 0.5) is 0 Å². The molecule has 0 saturated carbocycles. The van der Waals surface area contributed by atoms with Gasteiger partial charge in [-0.25, -0.2) is 4.98 Å². The van der Waals surface area contributed by atoms with E-state index in [-0.39, 0.29) is 0 Å². The van der Waals surface area contributed by atoms with E-state index in [1.807, 2.05) is 12.3 Å². The summed E-state index contributed by atoms with van der Waals surface area (Å²) in [5.41, 5.74) is 3.22. The molecule has 96 valence electrons. The van der Waals surface area contributed by atoms with Gasteiger partial charge in [0, 0.05) is 12.6 Å². The number of nitrogens with one attached hydrogen (secondary N) is 1. The molecule has 0 unspecified atom stereocenters. The van der Waals surface area contributed by atoms with Gasteiger partial charge in [-0.05, 0) is 22.4 Å². The fraction of sp³-hybridized carbons (Fsp3) is 0.0588. The summed E-state index contributed by atoms with van der Waals surface area (Å²) in [5.74, 6) is 0.975. The van der Waals surface area contributed by atoms with Crippen LogP contribution in [0.1, 0.15) is 11.4 Å². The Morgan fingerprint density at radius 2 is 1.85 bits per heavy atom. The first-order chi connectivity index (χ1) is 9.88. The van der Waals surface area contributed by atoms with E-state index in [4.69, 9.17) is 0 Å². The van der Waals surface area contributed by atoms with Crippen LogP contribution in [-0.4, -0.2) is 15.0 Å². The first kappa shape index (κ1) is 11.2. The molecule has 4 rings (SSSR count). The Morgan fingerprint density at radius 3 is 2.75 bits per heavy atom. The van der Waals surface area contributed by atoms with Crippen molar-refractivity contribution in [2.45, 2.75) is 6.42 Å². The Labute approximate surface area is 116 Å². The SMILES string of the molecule is c1ccc2cc(Cc3nc4ccncc4[nH]3)ccc2c1. The summed E-state index contributed by atoms with van der Waals surface area (Å²) in [6.07, 6.45) is 4.38. The number of benzene rings is 2. The van der Waals surface area contributed by atoms with Gasteiger partial charge in [-0.3, -0.25) is 4.98 Å². The predicted octanol–water partition coefficient (Wildman–Crippen LogP) is 3.70. The van der Waals surface area contributed by atoms with Crippen molar-refractivity contribution >= 4 is 21.8 Å². The molecule has 2 aromatic carbocycles. The highest BCUT2D eigenvalue weighted by Crippen LogP contribution is 2.18. The van der Waals surface area contributed by atoms with Gasteiger partial charge >= 0.3 is 0 Å². The van der Waals surface area contributed by atoms with Crippen LogP contribution in [0.2, 0.25) is 0 Å². The molecule has 0 fully saturated rings. The van der Waals surface area contributed by atoms with E-state index in [2.05, 4.69) is 57.4 Å². The Kier molecular flexibility index (Phi) is 2.49. The number of pyridine rings is 1. The average Bonchev–Trinajstić information content (AvgIpc) is 2.89. The summed E-state index contributed by atoms with van der Waals surface area (Å²) in [6.45, 7) is 0. The summed E-state index contributed by atoms with van der Waals surface area (Å²) < 4.78 is 0. The van der Waals surface area contributed by atoms with Gasteiger partial charge in [0.2, 0.25) is 0 Å². The van der Waals surface area contributed by atoms with Crippen LogP contribution in [0.15, 0.2) is 60.9 Å². The molecule has 0 radical (unpaired) electrons. The van der Waals surface area contributed by atoms with Gasteiger partial charge in [0.15, 0.2) is 0 Å². The maximum atomic E-state index is 4.59. The van der Waals surface area contributed by atoms with Gasteiger partial charge in [-0.1, -0.05) is 42.5 Å². The Bertz CT molecular complexity index is 860. The van der Waals surface area contributed by atoms with Gasteiger partial charge in [-0.2, -0.15) is 0 Å². The monoisotopic (exact) mass is 259 g/mol. The number of nitrogens with zero attached hydrogens (tertiary/aromatic N) is 2. The van der Waals surface area contributed by atoms with Crippen molar-refractivity contribution < 1.29 is 0 Å². The number of aromatic nitrogens is 3. The molecule has 0 aliphatic heterocycles. The minimum Gasteiger partial charge on any atom is -0.340 e. The highest BCUT2D eigenvalue weighted by Gasteiger charge is 2.04. The number of hydrogen-bond acceptors (Lipinski definition) is 2. The van der Waals surface area contributed by atoms with Crippen molar-refractivity contribution in [3.8, 4) is 0 Å². The van der Waals surface area contributed by atoms with Gasteiger partial charge in [0.05, 0.1) is 17.2 Å². The molecule has 1 N–H and O–H groups in total. The number of imidazole rings is 1. The molecule has 2 aromatic heterocycles. The summed E-state index contributed by atoms with van der Waals surface area (Å²) in [7, 11) is 0. The topological polar surface area (TPSA) is 41.6 Å². The maximum absolute atomic E-state index is 4.59. The number of aromatic amines is 1. The lowest BCUT2D eigenvalue weighted by molar-refractivity contribution is 1.04. The minimum atomic E-state index is 0.805. The normalized spacial score (nSPS) is 11.2. The molecule has 0 spiro atoms. The highest BCUT2D eigenvalue weighted by atomic mass is 14.9. The second-order valence-electron chi connectivity index (χ2n) is 4.93. The summed E-state index contributed by atoms with van der Waals surface area (Å²) in [5, 5.41) is 2.54. The van der Waals surface area contributed by atoms with Crippen LogP contribution >= 0.6 is 0 Å². The van der Waals surface area contributed by atoms with Crippen molar-refractivity contribution in [2.24, 2.45) is 0 Å². The van der Waals surface area contributed by atoms with Crippen LogP contribution in [0.5, 0.6) is 0 Å². The molecule has 0 aliphatic carbocycles. The van der Waals surface area contributed by atoms with Crippen LogP contribution < -0.4 is 0 Å². The first-order valence-corrected chi connectivity index (χ1v) is 6.65. The smallest absolute Gasteiger partial charge is 0.111 e. The van der Waals surface area contributed by atoms with Gasteiger partial charge < -0.3 is 4.98 Å². The summed E-state index contributed by atoms with van der Waals surface area (Å²) >= 11 is 0. The fourth-order valence-corrected chi connectivity index (χ4v) is 2.54. The molecule has 4 aromatic rings. The largest absolute Gasteiger partial charge is 0.340 e. The highest BCUT2D eigenvalue weighted by molar-refractivity contribution is 5.83. The Balaban J connectivity index is 1.72. The van der Waals surface area contributed by atoms with Crippen LogP contribution in [0.3, 0.4) is 0 Å². The lowest BCUT2D eigenvalue weighted by Gasteiger charge is -2.01. The molecule has 0 saturated heterocycles. The molecular formula is C17H13N3. The number of fused-ring (bicyclic) bond motifs is 2. The molecular weight excluding hydrogens is 246 g/mol. The van der Waals surface area contributed by atoms with Crippen LogP contribution in [-0.2, 0) is 6.42 Å². The molecule has 2 heterocycles. The zero-order valence-electron chi connectivity index (χ0n) is 10.9. The van der Waals surface area contributed by atoms with E-state index in [1.165, 1.54) is 16.3 Å². The van der Waals surface area contributed by atoms with E-state index in [0.717, 1.165) is 23.3 Å². The first-order valence-electron chi connectivity index (χ1n) is 6.65. The molecule has 3 nitrogen and oxygen atoms in total. The summed E-state index contributed by atoms with van der Waals surface area (Å²) in [4.78, 5) is 12.0. The van der Waals surface area contributed by atoms with Gasteiger partial charge in [-0.15, -0.1) is 0 Å². The Hall–Kier alpha value is -2.68. The van der Waals surface area contributed by atoms with Crippen LogP contribution in [0.25, 0.3) is 21.8 Å². The second-order valence-corrected chi connectivity index (χ2v) is 4.93. The third-order valence-electron chi connectivity index (χ3n) is 3.52. The van der Waals surface area contributed by atoms with Crippen molar-refractivity contribution in [3.05, 3.63) is 72.3 Å². The standard InChI is InChI=1S/C17H13N3/c1-2-4-14-9-12(5-6-13(14)3-1)10-17-19-15-7-8-18-11-16(15)20-17/h1-9,11H,10H2,(H,19,20). The zero-order chi connectivity index (χ0) is 13.4. The second kappa shape index (κ2) is 4.46. The zero-order valence-corrected chi connectivity index (χ0v) is 10.9. The predicted molar refractivity (Wildman–Crippen MR) is 80.6 cm³/mol. The number of H-pyrrole nitrogens is 1. The summed E-state index contributed by atoms with van der Waals surface area (Å²) in [6, 6.07) is 16.9. The van der Waals surface area contributed by atoms with Crippen molar-refractivity contribution in [1.82, 2.24) is 15.0 Å².